The van der Waals surface area contributed by atoms with Gasteiger partial charge in [0, 0.05) is 34.9 Å². The van der Waals surface area contributed by atoms with E-state index in [2.05, 4.69) is 10.3 Å². The van der Waals surface area contributed by atoms with E-state index in [0.29, 0.717) is 28.1 Å². The number of nitrogens with one attached hydrogen (secondary N) is 1. The van der Waals surface area contributed by atoms with Crippen LogP contribution in [0.1, 0.15) is 42.9 Å². The molecule has 0 amide bonds. The monoisotopic (exact) mass is 351 g/mol. The summed E-state index contributed by atoms with van der Waals surface area (Å²) in [5.41, 5.74) is 15.2. The molecule has 1 aromatic heterocycles. The molecule has 1 aromatic carbocycles. The van der Waals surface area contributed by atoms with Gasteiger partial charge < -0.3 is 21.9 Å². The number of phenolic OH excluding ortho intramolecular Hbond substituents is 1. The lowest BCUT2D eigenvalue weighted by atomic mass is 10.00. The van der Waals surface area contributed by atoms with Crippen LogP contribution in [0.2, 0.25) is 0 Å². The fourth-order valence-electron chi connectivity index (χ4n) is 2.70. The molecule has 0 bridgehead atoms. The SMILES string of the molecule is C/C(=C(/N)c1ccc(C#N)cc1O)c1cnccc1N.C1CCNCC1. The van der Waals surface area contributed by atoms with Crippen LogP contribution >= 0.6 is 0 Å². The third kappa shape index (κ3) is 4.98. The molecule has 1 saturated heterocycles. The van der Waals surface area contributed by atoms with E-state index in [9.17, 15) is 5.11 Å². The molecule has 0 radical (unpaired) electrons. The van der Waals surface area contributed by atoms with E-state index in [0.717, 1.165) is 5.57 Å². The van der Waals surface area contributed by atoms with Crippen molar-refractivity contribution < 1.29 is 5.11 Å². The predicted molar refractivity (Wildman–Crippen MR) is 105 cm³/mol. The summed E-state index contributed by atoms with van der Waals surface area (Å²) in [6, 6.07) is 8.23. The van der Waals surface area contributed by atoms with Gasteiger partial charge in [0.15, 0.2) is 0 Å². The first-order chi connectivity index (χ1) is 12.5. The Hall–Kier alpha value is -3.04. The average Bonchev–Trinajstić information content (AvgIpc) is 2.69. The Morgan fingerprint density at radius 2 is 1.92 bits per heavy atom. The van der Waals surface area contributed by atoms with E-state index < -0.39 is 0 Å². The number of hydrogen-bond acceptors (Lipinski definition) is 6. The van der Waals surface area contributed by atoms with Gasteiger partial charge >= 0.3 is 0 Å². The van der Waals surface area contributed by atoms with Crippen LogP contribution in [0, 0.1) is 11.3 Å². The molecule has 0 aliphatic carbocycles. The Morgan fingerprint density at radius 1 is 1.19 bits per heavy atom. The molecule has 2 heterocycles. The second-order valence-corrected chi connectivity index (χ2v) is 6.16. The van der Waals surface area contributed by atoms with Crippen molar-refractivity contribution >= 4 is 17.0 Å². The van der Waals surface area contributed by atoms with Crippen molar-refractivity contribution in [3.8, 4) is 11.8 Å². The number of aromatic hydroxyl groups is 1. The van der Waals surface area contributed by atoms with Gasteiger partial charge in [0.25, 0.3) is 0 Å². The number of aromatic nitrogens is 1. The number of nitriles is 1. The van der Waals surface area contributed by atoms with Crippen LogP contribution < -0.4 is 16.8 Å². The Morgan fingerprint density at radius 3 is 2.42 bits per heavy atom. The van der Waals surface area contributed by atoms with Crippen molar-refractivity contribution in [2.75, 3.05) is 18.8 Å². The molecule has 6 nitrogen and oxygen atoms in total. The third-order valence-corrected chi connectivity index (χ3v) is 4.29. The molecule has 6 heteroatoms. The maximum atomic E-state index is 9.95. The number of nitrogen functional groups attached to an aromatic ring is 1. The molecule has 1 aliphatic rings. The van der Waals surface area contributed by atoms with E-state index in [-0.39, 0.29) is 5.75 Å². The van der Waals surface area contributed by atoms with Crippen molar-refractivity contribution in [2.24, 2.45) is 5.73 Å². The highest BCUT2D eigenvalue weighted by Crippen LogP contribution is 2.30. The first-order valence-corrected chi connectivity index (χ1v) is 8.65. The molecule has 0 saturated carbocycles. The lowest BCUT2D eigenvalue weighted by Crippen LogP contribution is -2.21. The molecule has 0 unspecified atom stereocenters. The van der Waals surface area contributed by atoms with Gasteiger partial charge in [-0.15, -0.1) is 0 Å². The minimum atomic E-state index is -0.0386. The summed E-state index contributed by atoms with van der Waals surface area (Å²) in [4.78, 5) is 4.02. The van der Waals surface area contributed by atoms with Crippen LogP contribution in [-0.4, -0.2) is 23.2 Å². The first-order valence-electron chi connectivity index (χ1n) is 8.65. The zero-order chi connectivity index (χ0) is 18.9. The number of allylic oxidation sites excluding steroid dienone is 1. The highest BCUT2D eigenvalue weighted by atomic mass is 16.3. The van der Waals surface area contributed by atoms with Gasteiger partial charge in [-0.25, -0.2) is 0 Å². The zero-order valence-electron chi connectivity index (χ0n) is 15.0. The molecule has 0 spiro atoms. The quantitative estimate of drug-likeness (QED) is 0.660. The molecule has 2 aromatic rings. The summed E-state index contributed by atoms with van der Waals surface area (Å²) < 4.78 is 0. The second-order valence-electron chi connectivity index (χ2n) is 6.16. The number of rotatable bonds is 2. The standard InChI is InChI=1S/C15H14N4O.C5H11N/c1-9(12-8-19-5-4-13(12)17)15(18)11-3-2-10(7-16)6-14(11)20;1-2-4-6-5-3-1/h2-6,8,20H,18H2,1H3,(H2,17,19);6H,1-5H2/b15-9-;. The fourth-order valence-corrected chi connectivity index (χ4v) is 2.70. The summed E-state index contributed by atoms with van der Waals surface area (Å²) in [5.74, 6) is -0.0386. The van der Waals surface area contributed by atoms with Gasteiger partial charge in [-0.2, -0.15) is 5.26 Å². The summed E-state index contributed by atoms with van der Waals surface area (Å²) in [6.45, 7) is 4.31. The number of pyridine rings is 1. The maximum absolute atomic E-state index is 9.95. The minimum Gasteiger partial charge on any atom is -0.507 e. The number of phenols is 1. The van der Waals surface area contributed by atoms with Crippen LogP contribution in [0.25, 0.3) is 11.3 Å². The molecular weight excluding hydrogens is 326 g/mol. The van der Waals surface area contributed by atoms with Gasteiger partial charge in [-0.05, 0) is 62.7 Å². The van der Waals surface area contributed by atoms with Crippen molar-refractivity contribution in [2.45, 2.75) is 26.2 Å². The lowest BCUT2D eigenvalue weighted by molar-refractivity contribution is 0.473. The molecule has 1 fully saturated rings. The normalized spacial score (nSPS) is 14.5. The van der Waals surface area contributed by atoms with Crippen molar-refractivity contribution in [1.29, 1.82) is 5.26 Å². The van der Waals surface area contributed by atoms with Crippen molar-refractivity contribution in [1.82, 2.24) is 10.3 Å². The molecule has 3 rings (SSSR count). The van der Waals surface area contributed by atoms with E-state index in [1.54, 1.807) is 37.5 Å². The Labute approximate surface area is 154 Å². The van der Waals surface area contributed by atoms with Crippen LogP contribution in [0.15, 0.2) is 36.7 Å². The van der Waals surface area contributed by atoms with Crippen molar-refractivity contribution in [3.63, 3.8) is 0 Å². The number of nitrogens with zero attached hydrogens (tertiary/aromatic N) is 2. The van der Waals surface area contributed by atoms with E-state index in [1.165, 1.54) is 38.4 Å². The smallest absolute Gasteiger partial charge is 0.126 e. The Balaban J connectivity index is 0.000000342. The van der Waals surface area contributed by atoms with Crippen LogP contribution in [0.3, 0.4) is 0 Å². The van der Waals surface area contributed by atoms with E-state index in [4.69, 9.17) is 16.7 Å². The molecule has 26 heavy (non-hydrogen) atoms. The second kappa shape index (κ2) is 9.44. The average molecular weight is 351 g/mol. The van der Waals surface area contributed by atoms with Gasteiger partial charge in [0.1, 0.15) is 5.75 Å². The molecule has 136 valence electrons. The van der Waals surface area contributed by atoms with Crippen LogP contribution in [0.5, 0.6) is 5.75 Å². The fraction of sp³-hybridized carbons (Fsp3) is 0.300. The van der Waals surface area contributed by atoms with E-state index >= 15 is 0 Å². The lowest BCUT2D eigenvalue weighted by Gasteiger charge is -2.11. The minimum absolute atomic E-state index is 0.0386. The highest BCUT2D eigenvalue weighted by molar-refractivity contribution is 5.92. The molecular formula is C20H25N5O. The maximum Gasteiger partial charge on any atom is 0.126 e. The van der Waals surface area contributed by atoms with Gasteiger partial charge in [-0.3, -0.25) is 4.98 Å². The summed E-state index contributed by atoms with van der Waals surface area (Å²) in [5, 5.41) is 22.0. The molecule has 1 aliphatic heterocycles. The number of anilines is 1. The number of hydrogen-bond donors (Lipinski definition) is 4. The number of nitrogens with two attached hydrogens (primary N) is 2. The predicted octanol–water partition coefficient (Wildman–Crippen LogP) is 2.85. The Bertz CT molecular complexity index is 808. The van der Waals surface area contributed by atoms with Crippen LogP contribution in [-0.2, 0) is 0 Å². The first kappa shape index (κ1) is 19.3. The molecule has 0 atom stereocenters. The summed E-state index contributed by atoms with van der Waals surface area (Å²) in [6.07, 6.45) is 7.44. The number of benzene rings is 1. The van der Waals surface area contributed by atoms with Crippen LogP contribution in [0.4, 0.5) is 5.69 Å². The Kier molecular flexibility index (Phi) is 7.01. The summed E-state index contributed by atoms with van der Waals surface area (Å²) in [7, 11) is 0. The van der Waals surface area contributed by atoms with Crippen molar-refractivity contribution in [3.05, 3.63) is 53.3 Å². The number of piperidine rings is 1. The summed E-state index contributed by atoms with van der Waals surface area (Å²) >= 11 is 0. The van der Waals surface area contributed by atoms with E-state index in [1.807, 2.05) is 6.07 Å². The highest BCUT2D eigenvalue weighted by Gasteiger charge is 2.11. The topological polar surface area (TPSA) is 121 Å². The zero-order valence-corrected chi connectivity index (χ0v) is 15.0. The third-order valence-electron chi connectivity index (χ3n) is 4.29. The van der Waals surface area contributed by atoms with Gasteiger partial charge in [-0.1, -0.05) is 6.42 Å². The largest absolute Gasteiger partial charge is 0.507 e. The van der Waals surface area contributed by atoms with Gasteiger partial charge in [0.2, 0.25) is 0 Å². The molecule has 6 N–H and O–H groups in total. The van der Waals surface area contributed by atoms with Gasteiger partial charge in [0.05, 0.1) is 11.6 Å².